The van der Waals surface area contributed by atoms with E-state index in [4.69, 9.17) is 15.2 Å². The first-order chi connectivity index (χ1) is 12.3. The lowest BCUT2D eigenvalue weighted by atomic mass is 10.2. The molecule has 138 valence electrons. The summed E-state index contributed by atoms with van der Waals surface area (Å²) in [5.74, 6) is 0.398. The smallest absolute Gasteiger partial charge is 0.332 e. The highest BCUT2D eigenvalue weighted by molar-refractivity contribution is 6.03. The quantitative estimate of drug-likeness (QED) is 0.742. The molecule has 2 rings (SSSR count). The Kier molecular flexibility index (Phi) is 5.51. The Morgan fingerprint density at radius 3 is 2.38 bits per heavy atom. The van der Waals surface area contributed by atoms with Gasteiger partial charge in [0.25, 0.3) is 5.56 Å². The third-order valence-corrected chi connectivity index (χ3v) is 3.79. The Balaban J connectivity index is 2.26. The number of carbonyl (C=O) groups excluding carboxylic acids is 1. The molecule has 0 atom stereocenters. The van der Waals surface area contributed by atoms with Crippen molar-refractivity contribution >= 4 is 23.5 Å². The van der Waals surface area contributed by atoms with Crippen molar-refractivity contribution in [3.8, 4) is 11.5 Å². The summed E-state index contributed by atoms with van der Waals surface area (Å²) < 4.78 is 12.3. The fourth-order valence-electron chi connectivity index (χ4n) is 2.27. The lowest BCUT2D eigenvalue weighted by Crippen LogP contribution is -2.40. The number of ether oxygens (including phenoxy) is 2. The molecule has 3 N–H and O–H groups in total. The molecule has 0 unspecified atom stereocenters. The standard InChI is InChI=1S/C17H20N4O5/c1-20-15(18)14(16(23)21(2)17(20)24)19-13(22)8-6-10-5-7-11(25-3)12(9-10)26-4/h5-9H,18H2,1-4H3,(H,19,22)/b8-6+. The number of nitrogen functional groups attached to an aromatic ring is 1. The van der Waals surface area contributed by atoms with Gasteiger partial charge in [-0.15, -0.1) is 0 Å². The van der Waals surface area contributed by atoms with Crippen LogP contribution >= 0.6 is 0 Å². The van der Waals surface area contributed by atoms with Gasteiger partial charge in [-0.3, -0.25) is 18.7 Å². The molecule has 0 aliphatic heterocycles. The van der Waals surface area contributed by atoms with Crippen LogP contribution in [0.1, 0.15) is 5.56 Å². The van der Waals surface area contributed by atoms with Crippen LogP contribution < -0.4 is 31.8 Å². The van der Waals surface area contributed by atoms with Crippen molar-refractivity contribution in [2.45, 2.75) is 0 Å². The van der Waals surface area contributed by atoms with Crippen LogP contribution in [-0.2, 0) is 18.9 Å². The molecule has 1 aromatic heterocycles. The summed E-state index contributed by atoms with van der Waals surface area (Å²) in [5.41, 5.74) is 5.04. The molecule has 0 aliphatic rings. The highest BCUT2D eigenvalue weighted by Gasteiger charge is 2.14. The van der Waals surface area contributed by atoms with Crippen LogP contribution in [-0.4, -0.2) is 29.3 Å². The zero-order valence-electron chi connectivity index (χ0n) is 14.9. The monoisotopic (exact) mass is 360 g/mol. The van der Waals surface area contributed by atoms with Gasteiger partial charge in [0.05, 0.1) is 14.2 Å². The Labute approximate surface area is 149 Å². The second-order valence-electron chi connectivity index (χ2n) is 5.40. The van der Waals surface area contributed by atoms with Gasteiger partial charge in [-0.2, -0.15) is 0 Å². The van der Waals surface area contributed by atoms with Crippen molar-refractivity contribution < 1.29 is 14.3 Å². The molecule has 1 heterocycles. The molecular formula is C17H20N4O5. The third-order valence-electron chi connectivity index (χ3n) is 3.79. The highest BCUT2D eigenvalue weighted by Crippen LogP contribution is 2.27. The average Bonchev–Trinajstić information content (AvgIpc) is 2.66. The van der Waals surface area contributed by atoms with Gasteiger partial charge in [-0.05, 0) is 23.8 Å². The van der Waals surface area contributed by atoms with E-state index in [1.807, 2.05) is 0 Å². The van der Waals surface area contributed by atoms with E-state index >= 15 is 0 Å². The third kappa shape index (κ3) is 3.61. The van der Waals surface area contributed by atoms with Crippen LogP contribution in [0.25, 0.3) is 6.08 Å². The number of rotatable bonds is 5. The minimum absolute atomic E-state index is 0.119. The lowest BCUT2D eigenvalue weighted by Gasteiger charge is -2.11. The van der Waals surface area contributed by atoms with Crippen molar-refractivity contribution in [3.05, 3.63) is 50.7 Å². The summed E-state index contributed by atoms with van der Waals surface area (Å²) in [6.07, 6.45) is 2.78. The molecule has 0 saturated heterocycles. The number of carbonyl (C=O) groups is 1. The number of nitrogens with two attached hydrogens (primary N) is 1. The number of aromatic nitrogens is 2. The molecular weight excluding hydrogens is 340 g/mol. The molecule has 0 radical (unpaired) electrons. The van der Waals surface area contributed by atoms with Crippen molar-refractivity contribution in [1.29, 1.82) is 0 Å². The molecule has 0 bridgehead atoms. The zero-order valence-corrected chi connectivity index (χ0v) is 14.9. The van der Waals surface area contributed by atoms with E-state index < -0.39 is 17.2 Å². The van der Waals surface area contributed by atoms with Crippen LogP contribution in [0, 0.1) is 0 Å². The summed E-state index contributed by atoms with van der Waals surface area (Å²) >= 11 is 0. The molecule has 9 nitrogen and oxygen atoms in total. The van der Waals surface area contributed by atoms with Gasteiger partial charge in [0.15, 0.2) is 11.5 Å². The first kappa shape index (κ1) is 18.8. The number of nitrogens with one attached hydrogen (secondary N) is 1. The van der Waals surface area contributed by atoms with E-state index in [0.29, 0.717) is 17.1 Å². The van der Waals surface area contributed by atoms with Crippen molar-refractivity contribution in [2.24, 2.45) is 14.1 Å². The van der Waals surface area contributed by atoms with E-state index in [0.717, 1.165) is 9.13 Å². The Morgan fingerprint density at radius 2 is 1.77 bits per heavy atom. The predicted molar refractivity (Wildman–Crippen MR) is 98.5 cm³/mol. The summed E-state index contributed by atoms with van der Waals surface area (Å²) in [6.45, 7) is 0. The summed E-state index contributed by atoms with van der Waals surface area (Å²) in [5, 5.41) is 2.41. The number of amides is 1. The predicted octanol–water partition coefficient (Wildman–Crippen LogP) is 0.335. The van der Waals surface area contributed by atoms with Crippen LogP contribution in [0.4, 0.5) is 11.5 Å². The van der Waals surface area contributed by atoms with Crippen molar-refractivity contribution in [3.63, 3.8) is 0 Å². The van der Waals surface area contributed by atoms with Crippen molar-refractivity contribution in [1.82, 2.24) is 9.13 Å². The van der Waals surface area contributed by atoms with Crippen LogP contribution in [0.2, 0.25) is 0 Å². The number of nitrogens with zero attached hydrogens (tertiary/aromatic N) is 2. The Hall–Kier alpha value is -3.49. The van der Waals surface area contributed by atoms with E-state index in [1.54, 1.807) is 24.3 Å². The van der Waals surface area contributed by atoms with Gasteiger partial charge in [-0.1, -0.05) is 6.07 Å². The molecule has 0 aliphatic carbocycles. The zero-order chi connectivity index (χ0) is 19.4. The maximum atomic E-state index is 12.1. The Bertz CT molecular complexity index is 988. The average molecular weight is 360 g/mol. The van der Waals surface area contributed by atoms with E-state index in [1.165, 1.54) is 34.4 Å². The van der Waals surface area contributed by atoms with Gasteiger partial charge >= 0.3 is 5.69 Å². The molecule has 0 fully saturated rings. The molecule has 2 aromatic rings. The molecule has 0 spiro atoms. The fourth-order valence-corrected chi connectivity index (χ4v) is 2.27. The van der Waals surface area contributed by atoms with Crippen molar-refractivity contribution in [2.75, 3.05) is 25.3 Å². The van der Waals surface area contributed by atoms with Gasteiger partial charge in [0.1, 0.15) is 11.5 Å². The Morgan fingerprint density at radius 1 is 1.12 bits per heavy atom. The van der Waals surface area contributed by atoms with Gasteiger partial charge in [0.2, 0.25) is 5.91 Å². The van der Waals surface area contributed by atoms with Crippen LogP contribution in [0.15, 0.2) is 33.9 Å². The van der Waals surface area contributed by atoms with Gasteiger partial charge in [-0.25, -0.2) is 4.79 Å². The second kappa shape index (κ2) is 7.60. The largest absolute Gasteiger partial charge is 0.493 e. The number of hydrogen-bond donors (Lipinski definition) is 2. The van der Waals surface area contributed by atoms with E-state index in [9.17, 15) is 14.4 Å². The van der Waals surface area contributed by atoms with E-state index in [-0.39, 0.29) is 11.5 Å². The van der Waals surface area contributed by atoms with Crippen LogP contribution in [0.3, 0.4) is 0 Å². The van der Waals surface area contributed by atoms with Gasteiger partial charge in [0, 0.05) is 20.2 Å². The summed E-state index contributed by atoms with van der Waals surface area (Å²) in [6, 6.07) is 5.14. The SMILES string of the molecule is COc1ccc(/C=C/C(=O)Nc2c(N)n(C)c(=O)n(C)c2=O)cc1OC. The molecule has 1 amide bonds. The molecule has 26 heavy (non-hydrogen) atoms. The highest BCUT2D eigenvalue weighted by atomic mass is 16.5. The minimum Gasteiger partial charge on any atom is -0.493 e. The molecule has 0 saturated carbocycles. The van der Waals surface area contributed by atoms with Crippen LogP contribution in [0.5, 0.6) is 11.5 Å². The minimum atomic E-state index is -0.682. The lowest BCUT2D eigenvalue weighted by molar-refractivity contribution is -0.111. The number of benzene rings is 1. The summed E-state index contributed by atoms with van der Waals surface area (Å²) in [7, 11) is 5.75. The maximum Gasteiger partial charge on any atom is 0.332 e. The summed E-state index contributed by atoms with van der Waals surface area (Å²) in [4.78, 5) is 36.0. The topological polar surface area (TPSA) is 118 Å². The second-order valence-corrected chi connectivity index (χ2v) is 5.40. The van der Waals surface area contributed by atoms with E-state index in [2.05, 4.69) is 5.32 Å². The normalized spacial score (nSPS) is 10.8. The maximum absolute atomic E-state index is 12.1. The first-order valence-corrected chi connectivity index (χ1v) is 7.56. The fraction of sp³-hybridized carbons (Fsp3) is 0.235. The number of anilines is 2. The molecule has 1 aromatic carbocycles. The number of hydrogen-bond acceptors (Lipinski definition) is 6. The first-order valence-electron chi connectivity index (χ1n) is 7.56. The molecule has 9 heteroatoms. The van der Waals surface area contributed by atoms with Gasteiger partial charge < -0.3 is 20.5 Å². The number of methoxy groups -OCH3 is 2.